The van der Waals surface area contributed by atoms with Gasteiger partial charge < -0.3 is 4.74 Å². The Hall–Kier alpha value is -2.96. The third-order valence-corrected chi connectivity index (χ3v) is 5.89. The van der Waals surface area contributed by atoms with Crippen LogP contribution in [0.15, 0.2) is 83.8 Å². The summed E-state index contributed by atoms with van der Waals surface area (Å²) in [6.07, 6.45) is 0. The molecule has 3 aromatic carbocycles. The summed E-state index contributed by atoms with van der Waals surface area (Å²) >= 11 is 0. The average Bonchev–Trinajstić information content (AvgIpc) is 2.73. The van der Waals surface area contributed by atoms with Crippen LogP contribution in [0.2, 0.25) is 0 Å². The maximum atomic E-state index is 13.1. The Bertz CT molecular complexity index is 1080. The highest BCUT2D eigenvalue weighted by atomic mass is 32.2. The van der Waals surface area contributed by atoms with Crippen molar-refractivity contribution in [2.75, 3.05) is 7.11 Å². The molecule has 0 radical (unpaired) electrons. The maximum Gasteiger partial charge on any atom is 0.337 e. The monoisotopic (exact) mass is 395 g/mol. The highest BCUT2D eigenvalue weighted by Gasteiger charge is 2.24. The van der Waals surface area contributed by atoms with Crippen LogP contribution in [0.5, 0.6) is 0 Å². The van der Waals surface area contributed by atoms with Crippen molar-refractivity contribution in [3.05, 3.63) is 101 Å². The second-order valence-electron chi connectivity index (χ2n) is 6.34. The van der Waals surface area contributed by atoms with Crippen LogP contribution in [-0.2, 0) is 14.8 Å². The van der Waals surface area contributed by atoms with Crippen LogP contribution in [0.3, 0.4) is 0 Å². The molecule has 1 unspecified atom stereocenters. The Morgan fingerprint density at radius 2 is 1.61 bits per heavy atom. The fraction of sp³-hybridized carbons (Fsp3) is 0.136. The van der Waals surface area contributed by atoms with E-state index < -0.39 is 22.0 Å². The second kappa shape index (κ2) is 8.37. The fourth-order valence-electron chi connectivity index (χ4n) is 3.00. The molecular formula is C22H21NO4S. The minimum absolute atomic E-state index is 0.00455. The standard InChI is InChI=1S/C22H21NO4S/c1-16-9-6-7-14-20(16)21(17-10-4-3-5-11-17)23-28(25,26)19-13-8-12-18(15-19)22(24)27-2/h3-15,21,23H,1-2H3. The van der Waals surface area contributed by atoms with E-state index in [9.17, 15) is 13.2 Å². The van der Waals surface area contributed by atoms with Gasteiger partial charge in [-0.15, -0.1) is 0 Å². The summed E-state index contributed by atoms with van der Waals surface area (Å²) in [4.78, 5) is 11.8. The fourth-order valence-corrected chi connectivity index (χ4v) is 4.25. The molecule has 0 aliphatic heterocycles. The molecule has 28 heavy (non-hydrogen) atoms. The molecule has 0 fully saturated rings. The Balaban J connectivity index is 2.03. The maximum absolute atomic E-state index is 13.1. The lowest BCUT2D eigenvalue weighted by atomic mass is 9.96. The highest BCUT2D eigenvalue weighted by molar-refractivity contribution is 7.89. The second-order valence-corrected chi connectivity index (χ2v) is 8.05. The molecule has 5 nitrogen and oxygen atoms in total. The van der Waals surface area contributed by atoms with Crippen LogP contribution in [0.1, 0.15) is 33.1 Å². The van der Waals surface area contributed by atoms with Gasteiger partial charge in [0.2, 0.25) is 10.0 Å². The summed E-state index contributed by atoms with van der Waals surface area (Å²) in [6.45, 7) is 1.94. The summed E-state index contributed by atoms with van der Waals surface area (Å²) in [5, 5.41) is 0. The largest absolute Gasteiger partial charge is 0.465 e. The zero-order valence-electron chi connectivity index (χ0n) is 15.6. The summed E-state index contributed by atoms with van der Waals surface area (Å²) in [5.41, 5.74) is 2.84. The quantitative estimate of drug-likeness (QED) is 0.644. The lowest BCUT2D eigenvalue weighted by Gasteiger charge is -2.21. The van der Waals surface area contributed by atoms with Gasteiger partial charge >= 0.3 is 5.97 Å². The Morgan fingerprint density at radius 3 is 2.29 bits per heavy atom. The van der Waals surface area contributed by atoms with Crippen molar-refractivity contribution < 1.29 is 17.9 Å². The number of esters is 1. The molecule has 144 valence electrons. The molecule has 6 heteroatoms. The normalized spacial score (nSPS) is 12.4. The van der Waals surface area contributed by atoms with Crippen LogP contribution in [-0.4, -0.2) is 21.5 Å². The number of carbonyl (C=O) groups is 1. The highest BCUT2D eigenvalue weighted by Crippen LogP contribution is 2.27. The van der Waals surface area contributed by atoms with Gasteiger partial charge in [-0.1, -0.05) is 60.7 Å². The van der Waals surface area contributed by atoms with Crippen molar-refractivity contribution in [2.45, 2.75) is 17.9 Å². The molecule has 0 saturated heterocycles. The van der Waals surface area contributed by atoms with Gasteiger partial charge in [-0.3, -0.25) is 0 Å². The van der Waals surface area contributed by atoms with Crippen molar-refractivity contribution in [2.24, 2.45) is 0 Å². The number of aryl methyl sites for hydroxylation is 1. The van der Waals surface area contributed by atoms with Gasteiger partial charge in [0.1, 0.15) is 0 Å². The summed E-state index contributed by atoms with van der Waals surface area (Å²) in [6, 6.07) is 22.3. The molecule has 3 rings (SSSR count). The molecule has 0 aliphatic rings. The lowest BCUT2D eigenvalue weighted by molar-refractivity contribution is 0.0600. The van der Waals surface area contributed by atoms with Gasteiger partial charge in [0.05, 0.1) is 23.6 Å². The lowest BCUT2D eigenvalue weighted by Crippen LogP contribution is -2.30. The van der Waals surface area contributed by atoms with E-state index in [4.69, 9.17) is 0 Å². The van der Waals surface area contributed by atoms with Crippen molar-refractivity contribution in [3.8, 4) is 0 Å². The van der Waals surface area contributed by atoms with E-state index in [-0.39, 0.29) is 10.5 Å². The first kappa shape index (κ1) is 19.8. The summed E-state index contributed by atoms with van der Waals surface area (Å²) in [5.74, 6) is -0.587. The molecule has 0 amide bonds. The van der Waals surface area contributed by atoms with E-state index in [2.05, 4.69) is 9.46 Å². The number of rotatable bonds is 6. The van der Waals surface area contributed by atoms with E-state index in [0.29, 0.717) is 0 Å². The van der Waals surface area contributed by atoms with Crippen molar-refractivity contribution in [3.63, 3.8) is 0 Å². The molecule has 0 spiro atoms. The predicted octanol–water partition coefficient (Wildman–Crippen LogP) is 3.85. The third kappa shape index (κ3) is 4.30. The van der Waals surface area contributed by atoms with Crippen molar-refractivity contribution >= 4 is 16.0 Å². The van der Waals surface area contributed by atoms with Gasteiger partial charge in [-0.25, -0.2) is 13.2 Å². The van der Waals surface area contributed by atoms with Crippen LogP contribution >= 0.6 is 0 Å². The number of nitrogens with one attached hydrogen (secondary N) is 1. The minimum Gasteiger partial charge on any atom is -0.465 e. The van der Waals surface area contributed by atoms with Crippen LogP contribution < -0.4 is 4.72 Å². The van der Waals surface area contributed by atoms with Gasteiger partial charge in [0.15, 0.2) is 0 Å². The van der Waals surface area contributed by atoms with E-state index in [1.54, 1.807) is 0 Å². The molecule has 1 atom stereocenters. The van der Waals surface area contributed by atoms with E-state index in [0.717, 1.165) is 16.7 Å². The number of hydrogen-bond acceptors (Lipinski definition) is 4. The van der Waals surface area contributed by atoms with Gasteiger partial charge in [-0.2, -0.15) is 4.72 Å². The van der Waals surface area contributed by atoms with Gasteiger partial charge in [0, 0.05) is 0 Å². The average molecular weight is 395 g/mol. The number of sulfonamides is 1. The van der Waals surface area contributed by atoms with Gasteiger partial charge in [0.25, 0.3) is 0 Å². The molecule has 1 N–H and O–H groups in total. The van der Waals surface area contributed by atoms with E-state index in [1.807, 2.05) is 61.5 Å². The van der Waals surface area contributed by atoms with Gasteiger partial charge in [-0.05, 0) is 41.8 Å². The Kier molecular flexibility index (Phi) is 5.92. The summed E-state index contributed by atoms with van der Waals surface area (Å²) < 4.78 is 33.7. The number of benzene rings is 3. The third-order valence-electron chi connectivity index (χ3n) is 4.47. The topological polar surface area (TPSA) is 72.5 Å². The molecule has 0 saturated carbocycles. The number of carbonyl (C=O) groups excluding carboxylic acids is 1. The van der Waals surface area contributed by atoms with Crippen molar-refractivity contribution in [1.82, 2.24) is 4.72 Å². The number of ether oxygens (including phenoxy) is 1. The SMILES string of the molecule is COC(=O)c1cccc(S(=O)(=O)NC(c2ccccc2)c2ccccc2C)c1. The molecule has 3 aromatic rings. The first-order valence-corrected chi connectivity index (χ1v) is 10.2. The predicted molar refractivity (Wildman–Crippen MR) is 108 cm³/mol. The first-order valence-electron chi connectivity index (χ1n) is 8.73. The Labute approximate surface area is 165 Å². The van der Waals surface area contributed by atoms with Crippen molar-refractivity contribution in [1.29, 1.82) is 0 Å². The van der Waals surface area contributed by atoms with Crippen LogP contribution in [0.4, 0.5) is 0 Å². The van der Waals surface area contributed by atoms with Crippen LogP contribution in [0.25, 0.3) is 0 Å². The minimum atomic E-state index is -3.89. The van der Waals surface area contributed by atoms with E-state index in [1.165, 1.54) is 31.4 Å². The zero-order valence-corrected chi connectivity index (χ0v) is 16.4. The molecular weight excluding hydrogens is 374 g/mol. The number of hydrogen-bond donors (Lipinski definition) is 1. The van der Waals surface area contributed by atoms with E-state index >= 15 is 0 Å². The summed E-state index contributed by atoms with van der Waals surface area (Å²) in [7, 11) is -2.64. The zero-order chi connectivity index (χ0) is 20.1. The molecule has 0 bridgehead atoms. The Morgan fingerprint density at radius 1 is 0.929 bits per heavy atom. The molecule has 0 aromatic heterocycles. The smallest absolute Gasteiger partial charge is 0.337 e. The van der Waals surface area contributed by atoms with Crippen LogP contribution in [0, 0.1) is 6.92 Å². The first-order chi connectivity index (χ1) is 13.4. The number of methoxy groups -OCH3 is 1. The molecule has 0 heterocycles. The molecule has 0 aliphatic carbocycles.